The van der Waals surface area contributed by atoms with Crippen LogP contribution in [0.1, 0.15) is 38.2 Å². The minimum Gasteiger partial charge on any atom is -0.494 e. The Kier molecular flexibility index (Phi) is 6.47. The first kappa shape index (κ1) is 21.2. The van der Waals surface area contributed by atoms with Crippen molar-refractivity contribution in [2.24, 2.45) is 0 Å². The molecule has 1 saturated carbocycles. The topological polar surface area (TPSA) is 74.4 Å². The summed E-state index contributed by atoms with van der Waals surface area (Å²) in [4.78, 5) is 30.6. The number of fused-ring (bicyclic) bond motifs is 1. The number of carbonyl (C=O) groups excluding carboxylic acids is 1. The number of rotatable bonds is 6. The Bertz CT molecular complexity index is 1120. The molecule has 0 saturated heterocycles. The van der Waals surface area contributed by atoms with E-state index < -0.39 is 0 Å². The zero-order valence-electron chi connectivity index (χ0n) is 17.5. The number of aromatic nitrogens is 1. The summed E-state index contributed by atoms with van der Waals surface area (Å²) >= 11 is 5.95. The number of nitrogens with zero attached hydrogens (tertiary/aromatic N) is 1. The summed E-state index contributed by atoms with van der Waals surface area (Å²) in [5, 5.41) is 4.44. The van der Waals surface area contributed by atoms with E-state index in [9.17, 15) is 9.59 Å². The van der Waals surface area contributed by atoms with Crippen molar-refractivity contribution >= 4 is 34.2 Å². The first-order valence-corrected chi connectivity index (χ1v) is 11.0. The number of amides is 2. The van der Waals surface area contributed by atoms with E-state index in [2.05, 4.69) is 10.3 Å². The standard InChI is InChI=1S/C24H26ClN3O3/c1-2-31-21-11-12-22-16(14-21)13-17(23(29)27-22)15-28(20-5-3-4-6-20)24(30)26-19-9-7-18(25)8-10-19/h7-14,20H,2-6,15H2,1H3,(H,26,30)(H,27,29). The number of benzene rings is 2. The molecule has 0 spiro atoms. The number of carbonyl (C=O) groups is 1. The van der Waals surface area contributed by atoms with Crippen molar-refractivity contribution < 1.29 is 9.53 Å². The summed E-state index contributed by atoms with van der Waals surface area (Å²) in [6, 6.07) is 14.4. The Morgan fingerprint density at radius 2 is 1.90 bits per heavy atom. The van der Waals surface area contributed by atoms with Gasteiger partial charge in [-0.1, -0.05) is 24.4 Å². The number of halogens is 1. The molecule has 6 nitrogen and oxygen atoms in total. The van der Waals surface area contributed by atoms with Gasteiger partial charge in [-0.2, -0.15) is 0 Å². The Labute approximate surface area is 186 Å². The van der Waals surface area contributed by atoms with E-state index in [1.54, 1.807) is 29.2 Å². The van der Waals surface area contributed by atoms with E-state index in [1.165, 1.54) is 0 Å². The van der Waals surface area contributed by atoms with Crippen LogP contribution >= 0.6 is 11.6 Å². The largest absolute Gasteiger partial charge is 0.494 e. The minimum absolute atomic E-state index is 0.108. The SMILES string of the molecule is CCOc1ccc2[nH]c(=O)c(CN(C(=O)Nc3ccc(Cl)cc3)C3CCCC3)cc2c1. The normalized spacial score (nSPS) is 14.0. The van der Waals surface area contributed by atoms with Crippen LogP contribution in [0.25, 0.3) is 10.9 Å². The third-order valence-electron chi connectivity index (χ3n) is 5.67. The quantitative estimate of drug-likeness (QED) is 0.528. The number of hydrogen-bond donors (Lipinski definition) is 2. The van der Waals surface area contributed by atoms with Crippen LogP contribution in [0, 0.1) is 0 Å². The lowest BCUT2D eigenvalue weighted by molar-refractivity contribution is 0.184. The Morgan fingerprint density at radius 3 is 2.61 bits per heavy atom. The second-order valence-electron chi connectivity index (χ2n) is 7.81. The molecule has 1 heterocycles. The van der Waals surface area contributed by atoms with Gasteiger partial charge in [0.2, 0.25) is 0 Å². The molecule has 1 fully saturated rings. The van der Waals surface area contributed by atoms with Crippen LogP contribution in [-0.2, 0) is 6.54 Å². The summed E-state index contributed by atoms with van der Waals surface area (Å²) in [6.45, 7) is 2.75. The van der Waals surface area contributed by atoms with E-state index >= 15 is 0 Å². The molecule has 0 radical (unpaired) electrons. The zero-order chi connectivity index (χ0) is 21.8. The number of aromatic amines is 1. The monoisotopic (exact) mass is 439 g/mol. The molecule has 3 aromatic rings. The van der Waals surface area contributed by atoms with Crippen molar-refractivity contribution in [2.45, 2.75) is 45.2 Å². The van der Waals surface area contributed by atoms with Gasteiger partial charge in [-0.25, -0.2) is 4.79 Å². The highest BCUT2D eigenvalue weighted by Gasteiger charge is 2.27. The van der Waals surface area contributed by atoms with E-state index in [0.717, 1.165) is 42.3 Å². The number of anilines is 1. The second-order valence-corrected chi connectivity index (χ2v) is 8.25. The van der Waals surface area contributed by atoms with Gasteiger partial charge in [0.05, 0.1) is 13.2 Å². The van der Waals surface area contributed by atoms with Gasteiger partial charge in [0.25, 0.3) is 5.56 Å². The van der Waals surface area contributed by atoms with Gasteiger partial charge in [0.15, 0.2) is 0 Å². The van der Waals surface area contributed by atoms with Crippen molar-refractivity contribution in [1.29, 1.82) is 0 Å². The Hall–Kier alpha value is -2.99. The first-order chi connectivity index (χ1) is 15.0. The average molecular weight is 440 g/mol. The molecule has 0 atom stereocenters. The van der Waals surface area contributed by atoms with Crippen LogP contribution in [0.5, 0.6) is 5.75 Å². The van der Waals surface area contributed by atoms with Gasteiger partial charge in [0.1, 0.15) is 5.75 Å². The predicted octanol–water partition coefficient (Wildman–Crippen LogP) is 5.56. The third kappa shape index (κ3) is 5.02. The highest BCUT2D eigenvalue weighted by molar-refractivity contribution is 6.30. The molecule has 0 unspecified atom stereocenters. The fourth-order valence-corrected chi connectivity index (χ4v) is 4.22. The third-order valence-corrected chi connectivity index (χ3v) is 5.92. The Morgan fingerprint density at radius 1 is 1.16 bits per heavy atom. The van der Waals surface area contributed by atoms with Crippen LogP contribution in [0.3, 0.4) is 0 Å². The minimum atomic E-state index is -0.211. The van der Waals surface area contributed by atoms with E-state index in [-0.39, 0.29) is 24.2 Å². The van der Waals surface area contributed by atoms with E-state index in [1.807, 2.05) is 31.2 Å². The van der Waals surface area contributed by atoms with E-state index in [4.69, 9.17) is 16.3 Å². The molecule has 1 aliphatic carbocycles. The number of urea groups is 1. The molecule has 2 amide bonds. The molecule has 2 aromatic carbocycles. The molecule has 4 rings (SSSR count). The molecule has 0 aliphatic heterocycles. The zero-order valence-corrected chi connectivity index (χ0v) is 18.2. The molecule has 2 N–H and O–H groups in total. The van der Waals surface area contributed by atoms with Crippen LogP contribution < -0.4 is 15.6 Å². The number of nitrogens with one attached hydrogen (secondary N) is 2. The first-order valence-electron chi connectivity index (χ1n) is 10.7. The highest BCUT2D eigenvalue weighted by atomic mass is 35.5. The molecule has 162 valence electrons. The molecule has 1 aromatic heterocycles. The number of pyridine rings is 1. The molecule has 7 heteroatoms. The average Bonchev–Trinajstić information content (AvgIpc) is 3.28. The summed E-state index contributed by atoms with van der Waals surface area (Å²) in [6.07, 6.45) is 4.05. The summed E-state index contributed by atoms with van der Waals surface area (Å²) < 4.78 is 5.58. The van der Waals surface area contributed by atoms with Crippen molar-refractivity contribution in [3.8, 4) is 5.75 Å². The number of hydrogen-bond acceptors (Lipinski definition) is 3. The summed E-state index contributed by atoms with van der Waals surface area (Å²) in [7, 11) is 0. The van der Waals surface area contributed by atoms with Gasteiger partial charge < -0.3 is 19.9 Å². The predicted molar refractivity (Wildman–Crippen MR) is 124 cm³/mol. The van der Waals surface area contributed by atoms with Gasteiger partial charge in [-0.15, -0.1) is 0 Å². The molecule has 31 heavy (non-hydrogen) atoms. The van der Waals surface area contributed by atoms with Crippen molar-refractivity contribution in [3.63, 3.8) is 0 Å². The lowest BCUT2D eigenvalue weighted by Gasteiger charge is -2.29. The molecular weight excluding hydrogens is 414 g/mol. The van der Waals surface area contributed by atoms with Crippen molar-refractivity contribution in [1.82, 2.24) is 9.88 Å². The number of H-pyrrole nitrogens is 1. The van der Waals surface area contributed by atoms with Crippen LogP contribution in [-0.4, -0.2) is 28.6 Å². The van der Waals surface area contributed by atoms with Crippen LogP contribution in [0.15, 0.2) is 53.3 Å². The molecule has 0 bridgehead atoms. The molecular formula is C24H26ClN3O3. The van der Waals surface area contributed by atoms with Gasteiger partial charge in [0, 0.05) is 33.2 Å². The van der Waals surface area contributed by atoms with E-state index in [0.29, 0.717) is 22.9 Å². The maximum atomic E-state index is 13.2. The smallest absolute Gasteiger partial charge is 0.322 e. The van der Waals surface area contributed by atoms with Crippen molar-refractivity contribution in [3.05, 3.63) is 69.5 Å². The highest BCUT2D eigenvalue weighted by Crippen LogP contribution is 2.26. The number of ether oxygens (including phenoxy) is 1. The lowest BCUT2D eigenvalue weighted by atomic mass is 10.1. The maximum absolute atomic E-state index is 13.2. The molecule has 1 aliphatic rings. The fourth-order valence-electron chi connectivity index (χ4n) is 4.10. The van der Waals surface area contributed by atoms with Crippen LogP contribution in [0.2, 0.25) is 5.02 Å². The lowest BCUT2D eigenvalue weighted by Crippen LogP contribution is -2.42. The summed E-state index contributed by atoms with van der Waals surface area (Å²) in [5.41, 5.74) is 1.79. The van der Waals surface area contributed by atoms with Gasteiger partial charge in [-0.05, 0) is 68.3 Å². The fraction of sp³-hybridized carbons (Fsp3) is 0.333. The van der Waals surface area contributed by atoms with Crippen LogP contribution in [0.4, 0.5) is 10.5 Å². The second kappa shape index (κ2) is 9.43. The van der Waals surface area contributed by atoms with Gasteiger partial charge >= 0.3 is 6.03 Å². The van der Waals surface area contributed by atoms with Gasteiger partial charge in [-0.3, -0.25) is 4.79 Å². The summed E-state index contributed by atoms with van der Waals surface area (Å²) in [5.74, 6) is 0.751. The maximum Gasteiger partial charge on any atom is 0.322 e. The van der Waals surface area contributed by atoms with Crippen molar-refractivity contribution in [2.75, 3.05) is 11.9 Å². The Balaban J connectivity index is 1.62.